The van der Waals surface area contributed by atoms with Crippen molar-refractivity contribution in [3.63, 3.8) is 0 Å². The molecule has 2 aromatic rings. The van der Waals surface area contributed by atoms with Crippen LogP contribution in [-0.4, -0.2) is 32.8 Å². The van der Waals surface area contributed by atoms with Crippen LogP contribution < -0.4 is 9.73 Å². The third kappa shape index (κ3) is 6.35. The molecular weight excluding hydrogens is 466 g/mol. The molecule has 2 aromatic carbocycles. The van der Waals surface area contributed by atoms with Gasteiger partial charge in [-0.25, -0.2) is 13.8 Å². The van der Waals surface area contributed by atoms with Crippen LogP contribution in [0.3, 0.4) is 0 Å². The van der Waals surface area contributed by atoms with Gasteiger partial charge in [-0.15, -0.1) is 0 Å². The van der Waals surface area contributed by atoms with E-state index >= 15 is 0 Å². The highest BCUT2D eigenvalue weighted by Gasteiger charge is 2.33. The van der Waals surface area contributed by atoms with Crippen molar-refractivity contribution in [1.82, 2.24) is 5.43 Å². The quantitative estimate of drug-likeness (QED) is 0.492. The molecule has 30 heavy (non-hydrogen) atoms. The molecule has 0 radical (unpaired) electrons. The molecular formula is C18H16Cl2F3N3O3S. The van der Waals surface area contributed by atoms with Crippen molar-refractivity contribution < 1.29 is 26.4 Å². The second-order valence-electron chi connectivity index (χ2n) is 6.17. The molecule has 1 N–H and O–H groups in total. The Bertz CT molecular complexity index is 1070. The maximum atomic E-state index is 13.0. The van der Waals surface area contributed by atoms with E-state index in [1.807, 2.05) is 0 Å². The zero-order chi connectivity index (χ0) is 22.7. The second kappa shape index (κ2) is 9.23. The van der Waals surface area contributed by atoms with Crippen LogP contribution in [0, 0.1) is 0 Å². The van der Waals surface area contributed by atoms with E-state index in [0.29, 0.717) is 32.7 Å². The lowest BCUT2D eigenvalue weighted by Crippen LogP contribution is -2.39. The predicted molar refractivity (Wildman–Crippen MR) is 110 cm³/mol. The van der Waals surface area contributed by atoms with Crippen LogP contribution in [0.25, 0.3) is 0 Å². The summed E-state index contributed by atoms with van der Waals surface area (Å²) in [7, 11) is -4.14. The van der Waals surface area contributed by atoms with Gasteiger partial charge < -0.3 is 0 Å². The van der Waals surface area contributed by atoms with Crippen LogP contribution in [0.1, 0.15) is 18.1 Å². The summed E-state index contributed by atoms with van der Waals surface area (Å²) in [6.07, 6.45) is -3.97. The number of hydrazone groups is 1. The zero-order valence-electron chi connectivity index (χ0n) is 15.7. The van der Waals surface area contributed by atoms with Gasteiger partial charge in [-0.3, -0.25) is 9.10 Å². The molecule has 12 heteroatoms. The van der Waals surface area contributed by atoms with Crippen molar-refractivity contribution in [2.45, 2.75) is 13.1 Å². The maximum Gasteiger partial charge on any atom is 0.416 e. The van der Waals surface area contributed by atoms with E-state index in [1.165, 1.54) is 0 Å². The number of carbonyl (C=O) groups excluding carboxylic acids is 1. The summed E-state index contributed by atoms with van der Waals surface area (Å²) in [5, 5.41) is 4.12. The lowest BCUT2D eigenvalue weighted by atomic mass is 10.1. The molecule has 0 aliphatic carbocycles. The van der Waals surface area contributed by atoms with Gasteiger partial charge in [-0.2, -0.15) is 18.3 Å². The lowest BCUT2D eigenvalue weighted by Gasteiger charge is -2.23. The number of sulfonamides is 1. The van der Waals surface area contributed by atoms with Gasteiger partial charge in [0.2, 0.25) is 10.0 Å². The monoisotopic (exact) mass is 481 g/mol. The van der Waals surface area contributed by atoms with Crippen LogP contribution in [0.2, 0.25) is 10.0 Å². The molecule has 0 fully saturated rings. The highest BCUT2D eigenvalue weighted by Crippen LogP contribution is 2.36. The van der Waals surface area contributed by atoms with Crippen LogP contribution in [-0.2, 0) is 21.0 Å². The number of hydrogen-bond acceptors (Lipinski definition) is 4. The average Bonchev–Trinajstić information content (AvgIpc) is 2.63. The Balaban J connectivity index is 2.27. The number of anilines is 1. The first-order chi connectivity index (χ1) is 13.8. The number of halogens is 5. The topological polar surface area (TPSA) is 78.8 Å². The fourth-order valence-electron chi connectivity index (χ4n) is 2.33. The molecule has 0 unspecified atom stereocenters. The number of nitrogens with one attached hydrogen (secondary N) is 1. The minimum atomic E-state index is -4.72. The molecule has 0 aliphatic rings. The van der Waals surface area contributed by atoms with Crippen LogP contribution in [0.4, 0.5) is 18.9 Å². The summed E-state index contributed by atoms with van der Waals surface area (Å²) in [6.45, 7) is 0.777. The first-order valence-corrected chi connectivity index (χ1v) is 10.8. The number of alkyl halides is 3. The molecule has 1 amide bonds. The Kier molecular flexibility index (Phi) is 7.38. The van der Waals surface area contributed by atoms with Gasteiger partial charge in [0.25, 0.3) is 5.91 Å². The van der Waals surface area contributed by atoms with E-state index < -0.39 is 39.9 Å². The molecule has 0 bridgehead atoms. The number of carbonyl (C=O) groups is 1. The van der Waals surface area contributed by atoms with Crippen molar-refractivity contribution in [3.05, 3.63) is 63.6 Å². The SMILES string of the molecule is C/C(=N/NC(=O)CN(c1cc(C(F)(F)F)ccc1Cl)S(C)(=O)=O)c1ccc(Cl)cc1. The molecule has 0 saturated carbocycles. The summed E-state index contributed by atoms with van der Waals surface area (Å²) in [4.78, 5) is 12.2. The highest BCUT2D eigenvalue weighted by molar-refractivity contribution is 7.92. The average molecular weight is 482 g/mol. The van der Waals surface area contributed by atoms with Crippen molar-refractivity contribution in [2.75, 3.05) is 17.1 Å². The van der Waals surface area contributed by atoms with E-state index in [9.17, 15) is 26.4 Å². The lowest BCUT2D eigenvalue weighted by molar-refractivity contribution is -0.137. The van der Waals surface area contributed by atoms with Gasteiger partial charge >= 0.3 is 6.18 Å². The summed E-state index contributed by atoms with van der Waals surface area (Å²) >= 11 is 11.7. The zero-order valence-corrected chi connectivity index (χ0v) is 18.0. The van der Waals surface area contributed by atoms with Crippen molar-refractivity contribution in [1.29, 1.82) is 0 Å². The third-order valence-electron chi connectivity index (χ3n) is 3.84. The van der Waals surface area contributed by atoms with Crippen LogP contribution in [0.15, 0.2) is 47.6 Å². The number of amides is 1. The van der Waals surface area contributed by atoms with Gasteiger partial charge in [-0.1, -0.05) is 35.3 Å². The Morgan fingerprint density at radius 2 is 1.73 bits per heavy atom. The predicted octanol–water partition coefficient (Wildman–Crippen LogP) is 4.32. The van der Waals surface area contributed by atoms with Gasteiger partial charge in [0, 0.05) is 5.02 Å². The maximum absolute atomic E-state index is 13.0. The van der Waals surface area contributed by atoms with Gasteiger partial charge in [-0.05, 0) is 42.8 Å². The smallest absolute Gasteiger partial charge is 0.271 e. The highest BCUT2D eigenvalue weighted by atomic mass is 35.5. The van der Waals surface area contributed by atoms with E-state index in [2.05, 4.69) is 10.5 Å². The molecule has 162 valence electrons. The largest absolute Gasteiger partial charge is 0.416 e. The van der Waals surface area contributed by atoms with E-state index in [-0.39, 0.29) is 5.02 Å². The molecule has 6 nitrogen and oxygen atoms in total. The first-order valence-electron chi connectivity index (χ1n) is 8.22. The van der Waals surface area contributed by atoms with Crippen LogP contribution in [0.5, 0.6) is 0 Å². The Labute approximate surface area is 181 Å². The van der Waals surface area contributed by atoms with Crippen LogP contribution >= 0.6 is 23.2 Å². The van der Waals surface area contributed by atoms with E-state index in [0.717, 1.165) is 12.3 Å². The summed E-state index contributed by atoms with van der Waals surface area (Å²) in [5.41, 5.74) is 1.66. The van der Waals surface area contributed by atoms with Crippen molar-refractivity contribution in [3.8, 4) is 0 Å². The summed E-state index contributed by atoms with van der Waals surface area (Å²) < 4.78 is 63.7. The molecule has 0 saturated heterocycles. The molecule has 0 aromatic heterocycles. The fourth-order valence-corrected chi connectivity index (χ4v) is 3.58. The number of hydrogen-bond donors (Lipinski definition) is 1. The Morgan fingerprint density at radius 1 is 1.13 bits per heavy atom. The van der Waals surface area contributed by atoms with Gasteiger partial charge in [0.05, 0.1) is 28.2 Å². The van der Waals surface area contributed by atoms with Gasteiger partial charge in [0.1, 0.15) is 6.54 Å². The molecule has 0 spiro atoms. The van der Waals surface area contributed by atoms with Crippen molar-refractivity contribution >= 4 is 50.5 Å². The number of rotatable bonds is 6. The summed E-state index contributed by atoms with van der Waals surface area (Å²) in [5.74, 6) is -0.873. The Morgan fingerprint density at radius 3 is 2.27 bits per heavy atom. The van der Waals surface area contributed by atoms with E-state index in [1.54, 1.807) is 31.2 Å². The minimum absolute atomic E-state index is 0.262. The number of nitrogens with zero attached hydrogens (tertiary/aromatic N) is 2. The first kappa shape index (κ1) is 24.0. The normalized spacial score (nSPS) is 12.6. The molecule has 0 atom stereocenters. The Hall–Kier alpha value is -2.30. The molecule has 0 heterocycles. The number of benzene rings is 2. The van der Waals surface area contributed by atoms with Crippen molar-refractivity contribution in [2.24, 2.45) is 5.10 Å². The molecule has 0 aliphatic heterocycles. The second-order valence-corrected chi connectivity index (χ2v) is 8.92. The van der Waals surface area contributed by atoms with E-state index in [4.69, 9.17) is 23.2 Å². The molecule has 2 rings (SSSR count). The fraction of sp³-hybridized carbons (Fsp3) is 0.222. The van der Waals surface area contributed by atoms with Gasteiger partial charge in [0.15, 0.2) is 0 Å². The summed E-state index contributed by atoms with van der Waals surface area (Å²) in [6, 6.07) is 8.78. The third-order valence-corrected chi connectivity index (χ3v) is 5.54. The standard InChI is InChI=1S/C18H16Cl2F3N3O3S/c1-11(12-3-6-14(19)7-4-12)24-25-17(27)10-26(30(2,28)29)16-9-13(18(21,22)23)5-8-15(16)20/h3-9H,10H2,1-2H3,(H,25,27)/b24-11-. The minimum Gasteiger partial charge on any atom is -0.271 e.